The monoisotopic (exact) mass is 197 g/mol. The van der Waals surface area contributed by atoms with Crippen LogP contribution >= 0.6 is 11.5 Å². The van der Waals surface area contributed by atoms with E-state index in [1.807, 2.05) is 0 Å². The highest BCUT2D eigenvalue weighted by molar-refractivity contribution is 7.09. The maximum absolute atomic E-state index is 4.10. The van der Waals surface area contributed by atoms with E-state index < -0.39 is 0 Å². The van der Waals surface area contributed by atoms with Gasteiger partial charge in [-0.1, -0.05) is 19.3 Å². The molecule has 0 aliphatic heterocycles. The fourth-order valence-corrected chi connectivity index (χ4v) is 2.31. The molecule has 1 aromatic heterocycles. The Balaban J connectivity index is 1.72. The van der Waals surface area contributed by atoms with E-state index in [9.17, 15) is 0 Å². The lowest BCUT2D eigenvalue weighted by Gasteiger charge is -2.21. The maximum Gasteiger partial charge on any atom is 0.202 e. The van der Waals surface area contributed by atoms with Gasteiger partial charge in [-0.05, 0) is 18.8 Å². The third-order valence-electron chi connectivity index (χ3n) is 2.63. The molecule has 1 N–H and O–H groups in total. The van der Waals surface area contributed by atoms with Crippen molar-refractivity contribution in [2.24, 2.45) is 5.92 Å². The minimum Gasteiger partial charge on any atom is -0.360 e. The van der Waals surface area contributed by atoms with E-state index >= 15 is 0 Å². The summed E-state index contributed by atoms with van der Waals surface area (Å²) in [4.78, 5) is 4.10. The molecule has 1 saturated carbocycles. The van der Waals surface area contributed by atoms with Crippen LogP contribution in [0.3, 0.4) is 0 Å². The molecule has 0 saturated heterocycles. The summed E-state index contributed by atoms with van der Waals surface area (Å²) in [6, 6.07) is 0. The smallest absolute Gasteiger partial charge is 0.202 e. The number of rotatable bonds is 3. The molecule has 4 heteroatoms. The van der Waals surface area contributed by atoms with Crippen molar-refractivity contribution < 1.29 is 0 Å². The first kappa shape index (κ1) is 8.94. The summed E-state index contributed by atoms with van der Waals surface area (Å²) in [7, 11) is 0. The summed E-state index contributed by atoms with van der Waals surface area (Å²) in [6.45, 7) is 1.08. The maximum atomic E-state index is 4.10. The molecule has 0 spiro atoms. The predicted octanol–water partition coefficient (Wildman–Crippen LogP) is 2.53. The molecule has 2 rings (SSSR count). The summed E-state index contributed by atoms with van der Waals surface area (Å²) in [6.07, 6.45) is 8.60. The van der Waals surface area contributed by atoms with E-state index in [0.29, 0.717) is 0 Å². The molecule has 13 heavy (non-hydrogen) atoms. The third kappa shape index (κ3) is 2.66. The molecule has 1 heterocycles. The molecule has 0 bridgehead atoms. The van der Waals surface area contributed by atoms with Crippen molar-refractivity contribution in [1.29, 1.82) is 0 Å². The molecule has 0 unspecified atom stereocenters. The molecule has 1 aliphatic carbocycles. The summed E-state index contributed by atoms with van der Waals surface area (Å²) < 4.78 is 3.95. The largest absolute Gasteiger partial charge is 0.360 e. The van der Waals surface area contributed by atoms with Gasteiger partial charge in [0.15, 0.2) is 0 Å². The SMILES string of the molecule is c1nsc(NCC2CCCCC2)n1. The number of hydrogen-bond donors (Lipinski definition) is 1. The van der Waals surface area contributed by atoms with E-state index in [0.717, 1.165) is 17.6 Å². The van der Waals surface area contributed by atoms with Gasteiger partial charge in [0.1, 0.15) is 6.33 Å². The van der Waals surface area contributed by atoms with Gasteiger partial charge in [0.2, 0.25) is 5.13 Å². The molecule has 1 aliphatic rings. The first-order valence-corrected chi connectivity index (χ1v) is 5.73. The van der Waals surface area contributed by atoms with Crippen LogP contribution in [0.1, 0.15) is 32.1 Å². The molecule has 0 aromatic carbocycles. The van der Waals surface area contributed by atoms with E-state index in [1.54, 1.807) is 6.33 Å². The molecular weight excluding hydrogens is 182 g/mol. The Morgan fingerprint density at radius 3 is 2.92 bits per heavy atom. The first-order chi connectivity index (χ1) is 6.45. The van der Waals surface area contributed by atoms with Gasteiger partial charge in [0.05, 0.1) is 0 Å². The summed E-state index contributed by atoms with van der Waals surface area (Å²) in [5.41, 5.74) is 0. The summed E-state index contributed by atoms with van der Waals surface area (Å²) in [5, 5.41) is 4.30. The average Bonchev–Trinajstić information content (AvgIpc) is 2.69. The molecule has 0 atom stereocenters. The lowest BCUT2D eigenvalue weighted by atomic mass is 9.89. The van der Waals surface area contributed by atoms with Crippen LogP contribution in [0.15, 0.2) is 6.33 Å². The Kier molecular flexibility index (Phi) is 3.13. The van der Waals surface area contributed by atoms with Gasteiger partial charge in [-0.15, -0.1) is 0 Å². The van der Waals surface area contributed by atoms with E-state index in [-0.39, 0.29) is 0 Å². The van der Waals surface area contributed by atoms with Gasteiger partial charge in [0, 0.05) is 18.1 Å². The minimum atomic E-state index is 0.859. The molecule has 1 aromatic rings. The fraction of sp³-hybridized carbons (Fsp3) is 0.778. The van der Waals surface area contributed by atoms with Gasteiger partial charge < -0.3 is 5.32 Å². The fourth-order valence-electron chi connectivity index (χ4n) is 1.87. The Bertz CT molecular complexity index is 229. The first-order valence-electron chi connectivity index (χ1n) is 4.96. The molecule has 72 valence electrons. The Hall–Kier alpha value is -0.640. The van der Waals surface area contributed by atoms with Crippen LogP contribution in [-0.2, 0) is 0 Å². The van der Waals surface area contributed by atoms with Gasteiger partial charge in [0.25, 0.3) is 0 Å². The summed E-state index contributed by atoms with van der Waals surface area (Å²) in [5.74, 6) is 0.859. The van der Waals surface area contributed by atoms with Crippen LogP contribution in [0.5, 0.6) is 0 Å². The van der Waals surface area contributed by atoms with Crippen molar-refractivity contribution in [2.45, 2.75) is 32.1 Å². The van der Waals surface area contributed by atoms with Gasteiger partial charge >= 0.3 is 0 Å². The van der Waals surface area contributed by atoms with Crippen LogP contribution in [0.4, 0.5) is 5.13 Å². The number of hydrogen-bond acceptors (Lipinski definition) is 4. The Labute approximate surface area is 82.8 Å². The highest BCUT2D eigenvalue weighted by Crippen LogP contribution is 2.23. The third-order valence-corrected chi connectivity index (χ3v) is 3.25. The Morgan fingerprint density at radius 1 is 1.38 bits per heavy atom. The van der Waals surface area contributed by atoms with Gasteiger partial charge in [-0.3, -0.25) is 0 Å². The average molecular weight is 197 g/mol. The topological polar surface area (TPSA) is 37.8 Å². The summed E-state index contributed by atoms with van der Waals surface area (Å²) >= 11 is 1.44. The lowest BCUT2D eigenvalue weighted by molar-refractivity contribution is 0.373. The molecular formula is C9H15N3S. The van der Waals surface area contributed by atoms with Crippen LogP contribution in [0.25, 0.3) is 0 Å². The highest BCUT2D eigenvalue weighted by Gasteiger charge is 2.12. The molecule has 3 nitrogen and oxygen atoms in total. The predicted molar refractivity (Wildman–Crippen MR) is 55.0 cm³/mol. The van der Waals surface area contributed by atoms with E-state index in [1.165, 1.54) is 43.6 Å². The van der Waals surface area contributed by atoms with Crippen molar-refractivity contribution in [2.75, 3.05) is 11.9 Å². The van der Waals surface area contributed by atoms with Crippen molar-refractivity contribution in [3.8, 4) is 0 Å². The second-order valence-electron chi connectivity index (χ2n) is 3.63. The molecule has 1 fully saturated rings. The van der Waals surface area contributed by atoms with E-state index in [2.05, 4.69) is 14.7 Å². The zero-order valence-electron chi connectivity index (χ0n) is 7.70. The second kappa shape index (κ2) is 4.56. The number of nitrogens with zero attached hydrogens (tertiary/aromatic N) is 2. The van der Waals surface area contributed by atoms with Crippen molar-refractivity contribution >= 4 is 16.7 Å². The number of nitrogens with one attached hydrogen (secondary N) is 1. The van der Waals surface area contributed by atoms with Crippen LogP contribution in [0.2, 0.25) is 0 Å². The highest BCUT2D eigenvalue weighted by atomic mass is 32.1. The van der Waals surface area contributed by atoms with Crippen molar-refractivity contribution in [3.63, 3.8) is 0 Å². The van der Waals surface area contributed by atoms with Gasteiger partial charge in [-0.2, -0.15) is 4.37 Å². The normalized spacial score (nSPS) is 18.8. The second-order valence-corrected chi connectivity index (χ2v) is 4.41. The number of aromatic nitrogens is 2. The van der Waals surface area contributed by atoms with Crippen molar-refractivity contribution in [1.82, 2.24) is 9.36 Å². The van der Waals surface area contributed by atoms with Crippen molar-refractivity contribution in [3.05, 3.63) is 6.33 Å². The van der Waals surface area contributed by atoms with Crippen LogP contribution < -0.4 is 5.32 Å². The van der Waals surface area contributed by atoms with Crippen LogP contribution in [-0.4, -0.2) is 15.9 Å². The molecule has 0 radical (unpaired) electrons. The van der Waals surface area contributed by atoms with E-state index in [4.69, 9.17) is 0 Å². The quantitative estimate of drug-likeness (QED) is 0.809. The minimum absolute atomic E-state index is 0.859. The standard InChI is InChI=1S/C9H15N3S/c1-2-4-8(5-3-1)6-10-9-11-7-12-13-9/h7-8H,1-6H2,(H,10,11,12). The Morgan fingerprint density at radius 2 is 2.23 bits per heavy atom. The lowest BCUT2D eigenvalue weighted by Crippen LogP contribution is -2.16. The zero-order valence-corrected chi connectivity index (χ0v) is 8.52. The zero-order chi connectivity index (χ0) is 8.93. The van der Waals surface area contributed by atoms with Gasteiger partial charge in [-0.25, -0.2) is 4.98 Å². The van der Waals surface area contributed by atoms with Crippen LogP contribution in [0, 0.1) is 5.92 Å². The molecule has 0 amide bonds. The number of anilines is 1.